The fourth-order valence-corrected chi connectivity index (χ4v) is 5.65. The lowest BCUT2D eigenvalue weighted by Gasteiger charge is -2.54. The van der Waals surface area contributed by atoms with Gasteiger partial charge in [-0.05, 0) is 74.7 Å². The highest BCUT2D eigenvalue weighted by molar-refractivity contribution is 5.76. The van der Waals surface area contributed by atoms with Gasteiger partial charge in [-0.3, -0.25) is 4.79 Å². The maximum atomic E-state index is 12.3. The Balaban J connectivity index is 1.36. The standard InChI is InChI=1S/C16H26N2O/c19-16(18-14-1-2-17-9-14)8-15-12-4-10-3-11(6-12)7-13(15)5-10/h10-15,17H,1-9H2,(H,18,19). The molecule has 1 amide bonds. The third-order valence-electron chi connectivity index (χ3n) is 6.27. The second-order valence-electron chi connectivity index (χ2n) is 7.56. The van der Waals surface area contributed by atoms with Crippen molar-refractivity contribution in [2.75, 3.05) is 13.1 Å². The third kappa shape index (κ3) is 2.31. The van der Waals surface area contributed by atoms with Crippen LogP contribution in [0.25, 0.3) is 0 Å². The van der Waals surface area contributed by atoms with E-state index in [2.05, 4.69) is 10.6 Å². The molecule has 2 N–H and O–H groups in total. The molecule has 5 aliphatic rings. The number of carbonyl (C=O) groups is 1. The van der Waals surface area contributed by atoms with Gasteiger partial charge in [-0.25, -0.2) is 0 Å². The van der Waals surface area contributed by atoms with E-state index in [-0.39, 0.29) is 0 Å². The molecular weight excluding hydrogens is 236 g/mol. The first-order chi connectivity index (χ1) is 9.28. The van der Waals surface area contributed by atoms with E-state index in [4.69, 9.17) is 0 Å². The van der Waals surface area contributed by atoms with Crippen LogP contribution in [0.4, 0.5) is 0 Å². The summed E-state index contributed by atoms with van der Waals surface area (Å²) >= 11 is 0. The summed E-state index contributed by atoms with van der Waals surface area (Å²) in [5.74, 6) is 4.82. The fraction of sp³-hybridized carbons (Fsp3) is 0.938. The zero-order valence-electron chi connectivity index (χ0n) is 11.7. The number of carbonyl (C=O) groups excluding carboxylic acids is 1. The third-order valence-corrected chi connectivity index (χ3v) is 6.27. The van der Waals surface area contributed by atoms with Crippen molar-refractivity contribution in [2.24, 2.45) is 29.6 Å². The van der Waals surface area contributed by atoms with Crippen LogP contribution in [0.15, 0.2) is 0 Å². The van der Waals surface area contributed by atoms with Gasteiger partial charge in [0, 0.05) is 19.0 Å². The molecule has 3 heteroatoms. The molecule has 1 heterocycles. The topological polar surface area (TPSA) is 41.1 Å². The van der Waals surface area contributed by atoms with Crippen LogP contribution in [0.5, 0.6) is 0 Å². The Bertz CT molecular complexity index is 334. The first-order valence-corrected chi connectivity index (χ1v) is 8.28. The molecule has 0 aromatic rings. The molecule has 5 fully saturated rings. The minimum absolute atomic E-state index is 0.325. The maximum Gasteiger partial charge on any atom is 0.220 e. The molecule has 4 aliphatic carbocycles. The number of hydrogen-bond acceptors (Lipinski definition) is 2. The summed E-state index contributed by atoms with van der Waals surface area (Å²) in [6.07, 6.45) is 9.12. The monoisotopic (exact) mass is 262 g/mol. The Labute approximate surface area is 115 Å². The predicted molar refractivity (Wildman–Crippen MR) is 74.6 cm³/mol. The molecule has 0 aromatic carbocycles. The van der Waals surface area contributed by atoms with Crippen molar-refractivity contribution in [3.63, 3.8) is 0 Å². The normalized spacial score (nSPS) is 47.6. The molecule has 1 saturated heterocycles. The van der Waals surface area contributed by atoms with E-state index in [9.17, 15) is 4.79 Å². The highest BCUT2D eigenvalue weighted by Gasteiger charge is 2.48. The van der Waals surface area contributed by atoms with Gasteiger partial charge < -0.3 is 10.6 Å². The Morgan fingerprint density at radius 3 is 2.32 bits per heavy atom. The van der Waals surface area contributed by atoms with Crippen LogP contribution >= 0.6 is 0 Å². The largest absolute Gasteiger partial charge is 0.352 e. The molecule has 0 spiro atoms. The molecule has 1 unspecified atom stereocenters. The first-order valence-electron chi connectivity index (χ1n) is 8.28. The van der Waals surface area contributed by atoms with Crippen molar-refractivity contribution in [2.45, 2.75) is 51.0 Å². The van der Waals surface area contributed by atoms with Crippen molar-refractivity contribution >= 4 is 5.91 Å². The molecule has 1 aliphatic heterocycles. The summed E-state index contributed by atoms with van der Waals surface area (Å²) in [6, 6.07) is 0.393. The Morgan fingerprint density at radius 2 is 1.74 bits per heavy atom. The molecule has 4 saturated carbocycles. The zero-order chi connectivity index (χ0) is 12.8. The smallest absolute Gasteiger partial charge is 0.220 e. The average Bonchev–Trinajstić information content (AvgIpc) is 2.85. The van der Waals surface area contributed by atoms with Gasteiger partial charge in [-0.2, -0.15) is 0 Å². The number of amides is 1. The van der Waals surface area contributed by atoms with Crippen LogP contribution in [0.2, 0.25) is 0 Å². The van der Waals surface area contributed by atoms with E-state index >= 15 is 0 Å². The summed E-state index contributed by atoms with van der Waals surface area (Å²) in [5.41, 5.74) is 0. The van der Waals surface area contributed by atoms with Crippen LogP contribution in [0.1, 0.15) is 44.9 Å². The number of nitrogens with one attached hydrogen (secondary N) is 2. The minimum atomic E-state index is 0.325. The summed E-state index contributed by atoms with van der Waals surface area (Å²) < 4.78 is 0. The lowest BCUT2D eigenvalue weighted by atomic mass is 9.51. The number of rotatable bonds is 3. The van der Waals surface area contributed by atoms with Gasteiger partial charge in [0.05, 0.1) is 0 Å². The van der Waals surface area contributed by atoms with E-state index in [1.54, 1.807) is 0 Å². The Hall–Kier alpha value is -0.570. The van der Waals surface area contributed by atoms with Crippen molar-refractivity contribution in [1.29, 1.82) is 0 Å². The summed E-state index contributed by atoms with van der Waals surface area (Å²) in [4.78, 5) is 12.3. The van der Waals surface area contributed by atoms with Gasteiger partial charge in [-0.1, -0.05) is 0 Å². The molecule has 3 nitrogen and oxygen atoms in total. The highest BCUT2D eigenvalue weighted by Crippen LogP contribution is 2.57. The second kappa shape index (κ2) is 4.76. The van der Waals surface area contributed by atoms with Crippen LogP contribution < -0.4 is 10.6 Å². The average molecular weight is 262 g/mol. The van der Waals surface area contributed by atoms with Crippen LogP contribution in [0.3, 0.4) is 0 Å². The van der Waals surface area contributed by atoms with Gasteiger partial charge in [0.2, 0.25) is 5.91 Å². The van der Waals surface area contributed by atoms with Crippen LogP contribution in [0, 0.1) is 29.6 Å². The van der Waals surface area contributed by atoms with Gasteiger partial charge in [0.1, 0.15) is 0 Å². The van der Waals surface area contributed by atoms with Crippen molar-refractivity contribution in [1.82, 2.24) is 10.6 Å². The number of hydrogen-bond donors (Lipinski definition) is 2. The Kier molecular flexibility index (Phi) is 3.06. The van der Waals surface area contributed by atoms with Gasteiger partial charge in [0.25, 0.3) is 0 Å². The molecule has 106 valence electrons. The summed E-state index contributed by atoms with van der Waals surface area (Å²) in [5, 5.41) is 6.55. The van der Waals surface area contributed by atoms with E-state index < -0.39 is 0 Å². The molecular formula is C16H26N2O. The molecule has 0 radical (unpaired) electrons. The first kappa shape index (κ1) is 12.2. The van der Waals surface area contributed by atoms with Crippen LogP contribution in [-0.4, -0.2) is 25.0 Å². The van der Waals surface area contributed by atoms with Crippen molar-refractivity contribution in [3.05, 3.63) is 0 Å². The van der Waals surface area contributed by atoms with Crippen molar-refractivity contribution < 1.29 is 4.79 Å². The predicted octanol–water partition coefficient (Wildman–Crippen LogP) is 1.93. The Morgan fingerprint density at radius 1 is 1.05 bits per heavy atom. The van der Waals surface area contributed by atoms with Crippen molar-refractivity contribution in [3.8, 4) is 0 Å². The van der Waals surface area contributed by atoms with E-state index in [0.29, 0.717) is 17.9 Å². The molecule has 0 aromatic heterocycles. The van der Waals surface area contributed by atoms with Gasteiger partial charge in [-0.15, -0.1) is 0 Å². The van der Waals surface area contributed by atoms with Crippen LogP contribution in [-0.2, 0) is 4.79 Å². The molecule has 19 heavy (non-hydrogen) atoms. The molecule has 4 bridgehead atoms. The SMILES string of the molecule is O=C(CC1C2CC3CC(C2)CC1C3)NC1CCNC1. The van der Waals surface area contributed by atoms with Gasteiger partial charge >= 0.3 is 0 Å². The fourth-order valence-electron chi connectivity index (χ4n) is 5.65. The molecule has 1 atom stereocenters. The van der Waals surface area contributed by atoms with E-state index in [0.717, 1.165) is 49.6 Å². The lowest BCUT2D eigenvalue weighted by molar-refractivity contribution is -0.126. The maximum absolute atomic E-state index is 12.3. The van der Waals surface area contributed by atoms with Gasteiger partial charge in [0.15, 0.2) is 0 Å². The quantitative estimate of drug-likeness (QED) is 0.816. The minimum Gasteiger partial charge on any atom is -0.352 e. The lowest BCUT2D eigenvalue weighted by Crippen LogP contribution is -2.47. The summed E-state index contributed by atoms with van der Waals surface area (Å²) in [6.45, 7) is 2.02. The van der Waals surface area contributed by atoms with E-state index in [1.165, 1.54) is 32.1 Å². The zero-order valence-corrected chi connectivity index (χ0v) is 11.7. The summed E-state index contributed by atoms with van der Waals surface area (Å²) in [7, 11) is 0. The second-order valence-corrected chi connectivity index (χ2v) is 7.56. The van der Waals surface area contributed by atoms with E-state index in [1.807, 2.05) is 0 Å². The molecule has 5 rings (SSSR count). The highest BCUT2D eigenvalue weighted by atomic mass is 16.1.